The van der Waals surface area contributed by atoms with Crippen LogP contribution in [0.15, 0.2) is 54.2 Å². The maximum Gasteiger partial charge on any atom is 0.353 e. The second-order valence-corrected chi connectivity index (χ2v) is 6.62. The number of hydrogen-bond donors (Lipinski definition) is 2. The molecule has 2 N–H and O–H groups in total. The smallest absolute Gasteiger partial charge is 0.353 e. The van der Waals surface area contributed by atoms with Gasteiger partial charge < -0.3 is 24.8 Å². The Morgan fingerprint density at radius 1 is 1.03 bits per heavy atom. The molecule has 0 unspecified atom stereocenters. The second-order valence-electron chi connectivity index (χ2n) is 5.76. The summed E-state index contributed by atoms with van der Waals surface area (Å²) >= 11 is 1.27. The standard InChI is InChI=1S/C20H21N3O6S/c1-12(17(24)22-13(2)20(26)28-4)21-18(25)16-11-30-19(23-16)14-5-7-15(8-6-14)29-10-9-27-3/h5-8,11H,1-2,9-10H2,3-4H3,(H,21,25)(H,22,24). The quantitative estimate of drug-likeness (QED) is 0.335. The second kappa shape index (κ2) is 10.9. The van der Waals surface area contributed by atoms with Crippen LogP contribution in [-0.2, 0) is 19.1 Å². The van der Waals surface area contributed by atoms with Crippen LogP contribution in [0, 0.1) is 0 Å². The highest BCUT2D eigenvalue weighted by Crippen LogP contribution is 2.25. The van der Waals surface area contributed by atoms with Gasteiger partial charge in [0.15, 0.2) is 0 Å². The molecule has 0 aliphatic rings. The number of amides is 2. The third-order valence-corrected chi connectivity index (χ3v) is 4.52. The molecule has 0 radical (unpaired) electrons. The molecular formula is C20H21N3O6S. The van der Waals surface area contributed by atoms with Gasteiger partial charge in [-0.05, 0) is 24.3 Å². The van der Waals surface area contributed by atoms with Crippen molar-refractivity contribution in [2.75, 3.05) is 27.4 Å². The number of methoxy groups -OCH3 is 2. The Hall–Kier alpha value is -3.50. The molecule has 2 amide bonds. The van der Waals surface area contributed by atoms with Crippen LogP contribution >= 0.6 is 11.3 Å². The topological polar surface area (TPSA) is 116 Å². The fourth-order valence-electron chi connectivity index (χ4n) is 2.09. The fourth-order valence-corrected chi connectivity index (χ4v) is 2.90. The van der Waals surface area contributed by atoms with Crippen LogP contribution in [0.5, 0.6) is 5.75 Å². The van der Waals surface area contributed by atoms with Gasteiger partial charge in [0.05, 0.1) is 19.4 Å². The van der Waals surface area contributed by atoms with Crippen molar-refractivity contribution in [1.82, 2.24) is 15.6 Å². The van der Waals surface area contributed by atoms with E-state index in [4.69, 9.17) is 9.47 Å². The third-order valence-electron chi connectivity index (χ3n) is 3.63. The van der Waals surface area contributed by atoms with Crippen LogP contribution in [0.25, 0.3) is 10.6 Å². The molecule has 0 aliphatic heterocycles. The summed E-state index contributed by atoms with van der Waals surface area (Å²) in [7, 11) is 2.75. The lowest BCUT2D eigenvalue weighted by Gasteiger charge is -2.09. The number of esters is 1. The maximum absolute atomic E-state index is 12.3. The molecule has 0 aliphatic carbocycles. The van der Waals surface area contributed by atoms with Gasteiger partial charge in [0, 0.05) is 18.1 Å². The molecule has 0 bridgehead atoms. The summed E-state index contributed by atoms with van der Waals surface area (Å²) in [6.07, 6.45) is 0. The van der Waals surface area contributed by atoms with Crippen LogP contribution in [0.1, 0.15) is 10.5 Å². The zero-order valence-corrected chi connectivity index (χ0v) is 17.3. The summed E-state index contributed by atoms with van der Waals surface area (Å²) in [5.41, 5.74) is 0.390. The highest BCUT2D eigenvalue weighted by atomic mass is 32.1. The first-order chi connectivity index (χ1) is 14.3. The van der Waals surface area contributed by atoms with E-state index in [0.29, 0.717) is 24.0 Å². The van der Waals surface area contributed by atoms with Crippen LogP contribution < -0.4 is 15.4 Å². The summed E-state index contributed by atoms with van der Waals surface area (Å²) in [5.74, 6) is -1.51. The van der Waals surface area contributed by atoms with Crippen molar-refractivity contribution in [3.8, 4) is 16.3 Å². The molecule has 2 aromatic rings. The van der Waals surface area contributed by atoms with Crippen molar-refractivity contribution in [1.29, 1.82) is 0 Å². The van der Waals surface area contributed by atoms with E-state index in [9.17, 15) is 14.4 Å². The van der Waals surface area contributed by atoms with Crippen molar-refractivity contribution in [2.45, 2.75) is 0 Å². The van der Waals surface area contributed by atoms with Gasteiger partial charge >= 0.3 is 5.97 Å². The van der Waals surface area contributed by atoms with E-state index in [-0.39, 0.29) is 17.1 Å². The Kier molecular flexibility index (Phi) is 8.27. The van der Waals surface area contributed by atoms with Gasteiger partial charge in [-0.25, -0.2) is 9.78 Å². The molecule has 158 valence electrons. The van der Waals surface area contributed by atoms with Gasteiger partial charge in [0.1, 0.15) is 28.8 Å². The normalized spacial score (nSPS) is 10.1. The number of carbonyl (C=O) groups is 3. The Labute approximate surface area is 177 Å². The first-order valence-electron chi connectivity index (χ1n) is 8.62. The first-order valence-corrected chi connectivity index (χ1v) is 9.50. The van der Waals surface area contributed by atoms with E-state index in [2.05, 4.69) is 33.5 Å². The minimum Gasteiger partial charge on any atom is -0.491 e. The number of ether oxygens (including phenoxy) is 3. The Morgan fingerprint density at radius 2 is 1.73 bits per heavy atom. The molecule has 30 heavy (non-hydrogen) atoms. The molecule has 1 heterocycles. The number of nitrogens with zero attached hydrogens (tertiary/aromatic N) is 1. The fraction of sp³-hybridized carbons (Fsp3) is 0.200. The maximum atomic E-state index is 12.3. The van der Waals surface area contributed by atoms with Gasteiger partial charge in [-0.3, -0.25) is 9.59 Å². The van der Waals surface area contributed by atoms with E-state index in [1.165, 1.54) is 11.3 Å². The summed E-state index contributed by atoms with van der Waals surface area (Å²) in [5, 5.41) is 6.70. The largest absolute Gasteiger partial charge is 0.491 e. The van der Waals surface area contributed by atoms with E-state index >= 15 is 0 Å². The summed E-state index contributed by atoms with van der Waals surface area (Å²) < 4.78 is 14.9. The van der Waals surface area contributed by atoms with Gasteiger partial charge in [-0.2, -0.15) is 0 Å². The van der Waals surface area contributed by atoms with Gasteiger partial charge in [0.2, 0.25) is 0 Å². The first kappa shape index (κ1) is 22.8. The SMILES string of the molecule is C=C(NC(=O)c1csc(-c2ccc(OCCOC)cc2)n1)C(=O)NC(=C)C(=O)OC. The summed E-state index contributed by atoms with van der Waals surface area (Å²) in [4.78, 5) is 39.8. The van der Waals surface area contributed by atoms with E-state index < -0.39 is 17.8 Å². The average molecular weight is 431 g/mol. The van der Waals surface area contributed by atoms with Crippen LogP contribution in [0.4, 0.5) is 0 Å². The van der Waals surface area contributed by atoms with Crippen molar-refractivity contribution in [2.24, 2.45) is 0 Å². The monoisotopic (exact) mass is 431 g/mol. The highest BCUT2D eigenvalue weighted by Gasteiger charge is 2.18. The molecule has 0 fully saturated rings. The minimum absolute atomic E-state index is 0.121. The van der Waals surface area contributed by atoms with Crippen molar-refractivity contribution in [3.63, 3.8) is 0 Å². The van der Waals surface area contributed by atoms with Gasteiger partial charge in [-0.1, -0.05) is 13.2 Å². The molecule has 2 rings (SSSR count). The summed E-state index contributed by atoms with van der Waals surface area (Å²) in [6.45, 7) is 7.78. The van der Waals surface area contributed by atoms with Gasteiger partial charge in [-0.15, -0.1) is 11.3 Å². The molecule has 1 aromatic heterocycles. The number of aromatic nitrogens is 1. The van der Waals surface area contributed by atoms with Crippen molar-refractivity contribution < 1.29 is 28.6 Å². The number of rotatable bonds is 10. The van der Waals surface area contributed by atoms with Crippen LogP contribution in [-0.4, -0.2) is 50.2 Å². The van der Waals surface area contributed by atoms with Gasteiger partial charge in [0.25, 0.3) is 11.8 Å². The van der Waals surface area contributed by atoms with Crippen molar-refractivity contribution in [3.05, 3.63) is 59.9 Å². The molecular weight excluding hydrogens is 410 g/mol. The predicted molar refractivity (Wildman–Crippen MR) is 111 cm³/mol. The number of carbonyl (C=O) groups excluding carboxylic acids is 3. The Balaban J connectivity index is 1.96. The lowest BCUT2D eigenvalue weighted by molar-refractivity contribution is -0.137. The van der Waals surface area contributed by atoms with Crippen LogP contribution in [0.3, 0.4) is 0 Å². The number of benzene rings is 1. The van der Waals surface area contributed by atoms with Crippen LogP contribution in [0.2, 0.25) is 0 Å². The lowest BCUT2D eigenvalue weighted by Crippen LogP contribution is -2.35. The molecule has 0 saturated carbocycles. The summed E-state index contributed by atoms with van der Waals surface area (Å²) in [6, 6.07) is 7.25. The molecule has 1 aromatic carbocycles. The Morgan fingerprint density at radius 3 is 2.37 bits per heavy atom. The van der Waals surface area contributed by atoms with Crippen molar-refractivity contribution >= 4 is 29.1 Å². The van der Waals surface area contributed by atoms with E-state index in [1.807, 2.05) is 12.1 Å². The average Bonchev–Trinajstić information content (AvgIpc) is 3.24. The minimum atomic E-state index is -0.804. The molecule has 10 heteroatoms. The number of hydrogen-bond acceptors (Lipinski definition) is 8. The molecule has 0 atom stereocenters. The molecule has 9 nitrogen and oxygen atoms in total. The van der Waals surface area contributed by atoms with E-state index in [0.717, 1.165) is 12.7 Å². The number of thiazole rings is 1. The molecule has 0 saturated heterocycles. The lowest BCUT2D eigenvalue weighted by atomic mass is 10.2. The zero-order chi connectivity index (χ0) is 22.1. The Bertz CT molecular complexity index is 952. The highest BCUT2D eigenvalue weighted by molar-refractivity contribution is 7.13. The molecule has 0 spiro atoms. The zero-order valence-electron chi connectivity index (χ0n) is 16.5. The van der Waals surface area contributed by atoms with E-state index in [1.54, 1.807) is 24.6 Å². The number of nitrogens with one attached hydrogen (secondary N) is 2. The third kappa shape index (κ3) is 6.26. The predicted octanol–water partition coefficient (Wildman–Crippen LogP) is 1.88.